The molecule has 0 fully saturated rings. The molecule has 6 aromatic rings. The van der Waals surface area contributed by atoms with Crippen molar-refractivity contribution in [2.24, 2.45) is 0 Å². The minimum atomic E-state index is 1.14. The molecule has 0 saturated heterocycles. The summed E-state index contributed by atoms with van der Waals surface area (Å²) in [7, 11) is 0. The Hall–Kier alpha value is -3.97. The van der Waals surface area contributed by atoms with Gasteiger partial charge in [-0.05, 0) is 61.1 Å². The first kappa shape index (κ1) is 16.9. The summed E-state index contributed by atoms with van der Waals surface area (Å²) in [6.07, 6.45) is 3.76. The smallest absolute Gasteiger partial charge is 0.0346 e. The van der Waals surface area contributed by atoms with Crippen molar-refractivity contribution in [3.63, 3.8) is 0 Å². The molecule has 5 aromatic carbocycles. The van der Waals surface area contributed by atoms with Gasteiger partial charge in [0.25, 0.3) is 0 Å². The Balaban J connectivity index is 1.76. The van der Waals surface area contributed by atoms with Crippen molar-refractivity contribution in [2.75, 3.05) is 0 Å². The number of fused-ring (bicyclic) bond motifs is 3. The van der Waals surface area contributed by atoms with E-state index in [1.54, 1.807) is 0 Å². The molecule has 1 heteroatoms. The topological polar surface area (TPSA) is 12.9 Å². The Labute approximate surface area is 175 Å². The molecule has 0 unspecified atom stereocenters. The SMILES string of the molecule is c1cncc(-c2ccc(-c3c4ccccc4cc4ccccc34)c3ccccc23)c1. The lowest BCUT2D eigenvalue weighted by Gasteiger charge is -2.16. The van der Waals surface area contributed by atoms with Gasteiger partial charge in [-0.1, -0.05) is 91.0 Å². The predicted octanol–water partition coefficient (Wildman–Crippen LogP) is 7.88. The third kappa shape index (κ3) is 2.60. The molecular weight excluding hydrogens is 362 g/mol. The van der Waals surface area contributed by atoms with Crippen LogP contribution >= 0.6 is 0 Å². The Bertz CT molecular complexity index is 1480. The molecule has 0 spiro atoms. The van der Waals surface area contributed by atoms with E-state index < -0.39 is 0 Å². The fraction of sp³-hybridized carbons (Fsp3) is 0. The van der Waals surface area contributed by atoms with Crippen LogP contribution in [0.5, 0.6) is 0 Å². The molecule has 0 aliphatic rings. The molecule has 0 N–H and O–H groups in total. The predicted molar refractivity (Wildman–Crippen MR) is 128 cm³/mol. The van der Waals surface area contributed by atoms with Crippen molar-refractivity contribution in [1.29, 1.82) is 0 Å². The molecule has 30 heavy (non-hydrogen) atoms. The Kier molecular flexibility index (Phi) is 3.85. The maximum atomic E-state index is 4.33. The monoisotopic (exact) mass is 381 g/mol. The van der Waals surface area contributed by atoms with Gasteiger partial charge in [0.15, 0.2) is 0 Å². The second-order valence-electron chi connectivity index (χ2n) is 7.64. The van der Waals surface area contributed by atoms with Crippen LogP contribution in [0.2, 0.25) is 0 Å². The minimum absolute atomic E-state index is 1.14. The van der Waals surface area contributed by atoms with Crippen molar-refractivity contribution >= 4 is 32.3 Å². The van der Waals surface area contributed by atoms with Crippen molar-refractivity contribution < 1.29 is 0 Å². The molecule has 0 aliphatic heterocycles. The quantitative estimate of drug-likeness (QED) is 0.278. The Morgan fingerprint density at radius 2 is 1.03 bits per heavy atom. The summed E-state index contributed by atoms with van der Waals surface area (Å²) >= 11 is 0. The van der Waals surface area contributed by atoms with Crippen molar-refractivity contribution in [3.8, 4) is 22.3 Å². The van der Waals surface area contributed by atoms with E-state index >= 15 is 0 Å². The van der Waals surface area contributed by atoms with E-state index in [9.17, 15) is 0 Å². The summed E-state index contributed by atoms with van der Waals surface area (Å²) < 4.78 is 0. The zero-order chi connectivity index (χ0) is 19.9. The number of pyridine rings is 1. The number of benzene rings is 5. The van der Waals surface area contributed by atoms with E-state index in [0.29, 0.717) is 0 Å². The zero-order valence-corrected chi connectivity index (χ0v) is 16.4. The fourth-order valence-electron chi connectivity index (χ4n) is 4.59. The molecular formula is C29H19N. The highest BCUT2D eigenvalue weighted by atomic mass is 14.6. The van der Waals surface area contributed by atoms with E-state index in [0.717, 1.165) is 5.56 Å². The third-order valence-electron chi connectivity index (χ3n) is 5.94. The highest BCUT2D eigenvalue weighted by Gasteiger charge is 2.14. The highest BCUT2D eigenvalue weighted by Crippen LogP contribution is 2.41. The summed E-state index contributed by atoms with van der Waals surface area (Å²) in [4.78, 5) is 4.33. The molecule has 0 aliphatic carbocycles. The van der Waals surface area contributed by atoms with Crippen molar-refractivity contribution in [2.45, 2.75) is 0 Å². The fourth-order valence-corrected chi connectivity index (χ4v) is 4.59. The summed E-state index contributed by atoms with van der Waals surface area (Å²) in [6, 6.07) is 37.0. The van der Waals surface area contributed by atoms with Crippen LogP contribution < -0.4 is 0 Å². The lowest BCUT2D eigenvalue weighted by molar-refractivity contribution is 1.33. The van der Waals surface area contributed by atoms with E-state index in [-0.39, 0.29) is 0 Å². The number of hydrogen-bond acceptors (Lipinski definition) is 1. The second kappa shape index (κ2) is 6.82. The van der Waals surface area contributed by atoms with Crippen LogP contribution in [0.25, 0.3) is 54.6 Å². The summed E-state index contributed by atoms with van der Waals surface area (Å²) in [5, 5.41) is 7.63. The molecule has 1 aromatic heterocycles. The first-order valence-corrected chi connectivity index (χ1v) is 10.2. The maximum absolute atomic E-state index is 4.33. The first-order chi connectivity index (χ1) is 14.9. The van der Waals surface area contributed by atoms with Crippen molar-refractivity contribution in [3.05, 3.63) is 116 Å². The van der Waals surface area contributed by atoms with E-state index in [4.69, 9.17) is 0 Å². The molecule has 1 heterocycles. The second-order valence-corrected chi connectivity index (χ2v) is 7.64. The number of rotatable bonds is 2. The lowest BCUT2D eigenvalue weighted by Crippen LogP contribution is -1.89. The van der Waals surface area contributed by atoms with E-state index in [1.807, 2.05) is 18.5 Å². The van der Waals surface area contributed by atoms with Crippen LogP contribution in [-0.4, -0.2) is 4.98 Å². The number of hydrogen-bond donors (Lipinski definition) is 0. The molecule has 6 rings (SSSR count). The van der Waals surface area contributed by atoms with Gasteiger partial charge in [-0.25, -0.2) is 0 Å². The van der Waals surface area contributed by atoms with Crippen LogP contribution in [0, 0.1) is 0 Å². The van der Waals surface area contributed by atoms with Crippen LogP contribution in [0.1, 0.15) is 0 Å². The molecule has 0 radical (unpaired) electrons. The van der Waals surface area contributed by atoms with Crippen LogP contribution in [0.3, 0.4) is 0 Å². The van der Waals surface area contributed by atoms with Crippen LogP contribution in [0.4, 0.5) is 0 Å². The summed E-state index contributed by atoms with van der Waals surface area (Å²) in [5.74, 6) is 0. The average molecular weight is 381 g/mol. The Morgan fingerprint density at radius 1 is 0.467 bits per heavy atom. The highest BCUT2D eigenvalue weighted by molar-refractivity contribution is 6.18. The normalized spacial score (nSPS) is 11.3. The average Bonchev–Trinajstić information content (AvgIpc) is 2.82. The lowest BCUT2D eigenvalue weighted by atomic mass is 9.87. The summed E-state index contributed by atoms with van der Waals surface area (Å²) in [5.41, 5.74) is 4.93. The van der Waals surface area contributed by atoms with Crippen LogP contribution in [0.15, 0.2) is 116 Å². The van der Waals surface area contributed by atoms with Gasteiger partial charge in [0.05, 0.1) is 0 Å². The zero-order valence-electron chi connectivity index (χ0n) is 16.4. The number of aromatic nitrogens is 1. The van der Waals surface area contributed by atoms with Gasteiger partial charge in [-0.2, -0.15) is 0 Å². The standard InChI is InChI=1S/C29H19N/c1-3-11-24-20(8-1)18-21-9-2-4-12-25(21)29(24)28-16-15-23(22-10-7-17-30-19-22)26-13-5-6-14-27(26)28/h1-19H. The van der Waals surface area contributed by atoms with Gasteiger partial charge in [-0.3, -0.25) is 4.98 Å². The van der Waals surface area contributed by atoms with E-state index in [1.165, 1.54) is 49.0 Å². The molecule has 0 amide bonds. The molecule has 140 valence electrons. The minimum Gasteiger partial charge on any atom is -0.264 e. The largest absolute Gasteiger partial charge is 0.264 e. The molecule has 0 saturated carbocycles. The van der Waals surface area contributed by atoms with Gasteiger partial charge in [0.2, 0.25) is 0 Å². The van der Waals surface area contributed by atoms with Gasteiger partial charge in [0.1, 0.15) is 0 Å². The van der Waals surface area contributed by atoms with Gasteiger partial charge in [-0.15, -0.1) is 0 Å². The molecule has 1 nitrogen and oxygen atoms in total. The molecule has 0 bridgehead atoms. The van der Waals surface area contributed by atoms with Gasteiger partial charge < -0.3 is 0 Å². The number of nitrogens with zero attached hydrogens (tertiary/aromatic N) is 1. The first-order valence-electron chi connectivity index (χ1n) is 10.2. The third-order valence-corrected chi connectivity index (χ3v) is 5.94. The van der Waals surface area contributed by atoms with Crippen LogP contribution in [-0.2, 0) is 0 Å². The Morgan fingerprint density at radius 3 is 1.67 bits per heavy atom. The summed E-state index contributed by atoms with van der Waals surface area (Å²) in [6.45, 7) is 0. The van der Waals surface area contributed by atoms with Crippen molar-refractivity contribution in [1.82, 2.24) is 4.98 Å². The van der Waals surface area contributed by atoms with Gasteiger partial charge in [0, 0.05) is 18.0 Å². The van der Waals surface area contributed by atoms with E-state index in [2.05, 4.69) is 102 Å². The van der Waals surface area contributed by atoms with Gasteiger partial charge >= 0.3 is 0 Å². The maximum Gasteiger partial charge on any atom is 0.0346 e. The molecule has 0 atom stereocenters.